The number of aryl methyl sites for hydroxylation is 2. The van der Waals surface area contributed by atoms with Gasteiger partial charge >= 0.3 is 0 Å². The predicted molar refractivity (Wildman–Crippen MR) is 80.9 cm³/mol. The summed E-state index contributed by atoms with van der Waals surface area (Å²) in [7, 11) is 0. The lowest BCUT2D eigenvalue weighted by molar-refractivity contribution is 0.0877. The third-order valence-electron chi connectivity index (χ3n) is 3.71. The van der Waals surface area contributed by atoms with Gasteiger partial charge in [-0.05, 0) is 42.7 Å². The Morgan fingerprint density at radius 1 is 1.05 bits per heavy atom. The zero-order chi connectivity index (χ0) is 14.1. The van der Waals surface area contributed by atoms with Gasteiger partial charge in [0.25, 0.3) is 0 Å². The SMILES string of the molecule is Cc1ccc(C(Cl)C2COc3ccccc3O2)cc1C. The number of halogens is 1. The van der Waals surface area contributed by atoms with E-state index in [4.69, 9.17) is 21.1 Å². The molecule has 0 aliphatic carbocycles. The first-order valence-electron chi connectivity index (χ1n) is 6.75. The molecule has 20 heavy (non-hydrogen) atoms. The summed E-state index contributed by atoms with van der Waals surface area (Å²) >= 11 is 6.57. The van der Waals surface area contributed by atoms with E-state index >= 15 is 0 Å². The number of alkyl halides is 1. The lowest BCUT2D eigenvalue weighted by Gasteiger charge is -2.29. The van der Waals surface area contributed by atoms with Crippen LogP contribution in [-0.4, -0.2) is 12.7 Å². The maximum absolute atomic E-state index is 6.57. The molecule has 0 spiro atoms. The van der Waals surface area contributed by atoms with Gasteiger partial charge in [0.2, 0.25) is 0 Å². The molecule has 3 heteroatoms. The summed E-state index contributed by atoms with van der Waals surface area (Å²) in [6.07, 6.45) is -0.173. The van der Waals surface area contributed by atoms with Crippen LogP contribution in [0.3, 0.4) is 0 Å². The van der Waals surface area contributed by atoms with Gasteiger partial charge in [0.1, 0.15) is 6.61 Å². The molecule has 104 valence electrons. The standard InChI is InChI=1S/C17H17ClO2/c1-11-7-8-13(9-12(11)2)17(18)16-10-19-14-5-3-4-6-15(14)20-16/h3-9,16-17H,10H2,1-2H3. The number of ether oxygens (including phenoxy) is 2. The lowest BCUT2D eigenvalue weighted by Crippen LogP contribution is -2.32. The summed E-state index contributed by atoms with van der Waals surface area (Å²) in [5, 5.41) is -0.220. The Kier molecular flexibility index (Phi) is 3.58. The van der Waals surface area contributed by atoms with Crippen LogP contribution in [0, 0.1) is 13.8 Å². The van der Waals surface area contributed by atoms with Gasteiger partial charge in [-0.1, -0.05) is 30.3 Å². The summed E-state index contributed by atoms with van der Waals surface area (Å²) in [6, 6.07) is 14.0. The number of benzene rings is 2. The minimum absolute atomic E-state index is 0.173. The second-order valence-electron chi connectivity index (χ2n) is 5.16. The summed E-state index contributed by atoms with van der Waals surface area (Å²) in [4.78, 5) is 0. The molecule has 0 fully saturated rings. The Balaban J connectivity index is 1.82. The van der Waals surface area contributed by atoms with E-state index in [0.717, 1.165) is 17.1 Å². The predicted octanol–water partition coefficient (Wildman–Crippen LogP) is 4.42. The van der Waals surface area contributed by atoms with Gasteiger partial charge in [-0.2, -0.15) is 0 Å². The van der Waals surface area contributed by atoms with Crippen LogP contribution in [0.2, 0.25) is 0 Å². The van der Waals surface area contributed by atoms with Gasteiger partial charge in [0, 0.05) is 0 Å². The first-order valence-corrected chi connectivity index (χ1v) is 7.18. The molecule has 0 N–H and O–H groups in total. The number of hydrogen-bond acceptors (Lipinski definition) is 2. The van der Waals surface area contributed by atoms with Crippen molar-refractivity contribution in [3.63, 3.8) is 0 Å². The van der Waals surface area contributed by atoms with Crippen molar-refractivity contribution in [3.05, 3.63) is 59.2 Å². The monoisotopic (exact) mass is 288 g/mol. The molecule has 0 saturated heterocycles. The van der Waals surface area contributed by atoms with Crippen LogP contribution in [0.15, 0.2) is 42.5 Å². The Morgan fingerprint density at radius 2 is 1.80 bits per heavy atom. The number of para-hydroxylation sites is 2. The molecule has 1 aliphatic rings. The van der Waals surface area contributed by atoms with Crippen molar-refractivity contribution >= 4 is 11.6 Å². The van der Waals surface area contributed by atoms with E-state index in [9.17, 15) is 0 Å². The van der Waals surface area contributed by atoms with E-state index in [2.05, 4.69) is 32.0 Å². The molecule has 2 unspecified atom stereocenters. The quantitative estimate of drug-likeness (QED) is 0.762. The highest BCUT2D eigenvalue weighted by atomic mass is 35.5. The van der Waals surface area contributed by atoms with Crippen LogP contribution in [0.4, 0.5) is 0 Å². The second kappa shape index (κ2) is 5.37. The van der Waals surface area contributed by atoms with Crippen molar-refractivity contribution in [1.29, 1.82) is 0 Å². The van der Waals surface area contributed by atoms with E-state index in [0.29, 0.717) is 6.61 Å². The van der Waals surface area contributed by atoms with Crippen molar-refractivity contribution in [1.82, 2.24) is 0 Å². The molecule has 2 nitrogen and oxygen atoms in total. The third kappa shape index (κ3) is 2.48. The molecule has 0 bridgehead atoms. The highest BCUT2D eigenvalue weighted by Gasteiger charge is 2.28. The van der Waals surface area contributed by atoms with Crippen LogP contribution in [-0.2, 0) is 0 Å². The number of fused-ring (bicyclic) bond motifs is 1. The highest BCUT2D eigenvalue weighted by Crippen LogP contribution is 2.36. The van der Waals surface area contributed by atoms with E-state index in [1.807, 2.05) is 24.3 Å². The third-order valence-corrected chi connectivity index (χ3v) is 4.24. The molecule has 2 aromatic rings. The van der Waals surface area contributed by atoms with Crippen LogP contribution in [0.25, 0.3) is 0 Å². The zero-order valence-corrected chi connectivity index (χ0v) is 12.4. The number of rotatable bonds is 2. The normalized spacial score (nSPS) is 18.6. The van der Waals surface area contributed by atoms with Gasteiger partial charge < -0.3 is 9.47 Å². The van der Waals surface area contributed by atoms with E-state index in [1.165, 1.54) is 11.1 Å². The molecule has 0 radical (unpaired) electrons. The molecular formula is C17H17ClO2. The topological polar surface area (TPSA) is 18.5 Å². The largest absolute Gasteiger partial charge is 0.486 e. The van der Waals surface area contributed by atoms with Crippen molar-refractivity contribution < 1.29 is 9.47 Å². The Labute approximate surface area is 124 Å². The molecule has 1 aliphatic heterocycles. The average Bonchev–Trinajstić information content (AvgIpc) is 2.49. The average molecular weight is 289 g/mol. The van der Waals surface area contributed by atoms with Gasteiger partial charge in [-0.15, -0.1) is 11.6 Å². The molecule has 1 heterocycles. The van der Waals surface area contributed by atoms with Gasteiger partial charge in [0.05, 0.1) is 5.38 Å². The molecule has 0 amide bonds. The van der Waals surface area contributed by atoms with E-state index < -0.39 is 0 Å². The van der Waals surface area contributed by atoms with Crippen LogP contribution in [0.1, 0.15) is 22.1 Å². The molecule has 3 rings (SSSR count). The van der Waals surface area contributed by atoms with Gasteiger partial charge in [0.15, 0.2) is 17.6 Å². The second-order valence-corrected chi connectivity index (χ2v) is 5.63. The highest BCUT2D eigenvalue weighted by molar-refractivity contribution is 6.21. The van der Waals surface area contributed by atoms with Crippen LogP contribution >= 0.6 is 11.6 Å². The van der Waals surface area contributed by atoms with E-state index in [-0.39, 0.29) is 11.5 Å². The maximum Gasteiger partial charge on any atom is 0.161 e. The molecule has 2 atom stereocenters. The lowest BCUT2D eigenvalue weighted by atomic mass is 10.0. The fourth-order valence-corrected chi connectivity index (χ4v) is 2.59. The minimum atomic E-state index is -0.220. The van der Waals surface area contributed by atoms with Crippen molar-refractivity contribution in [2.75, 3.05) is 6.61 Å². The van der Waals surface area contributed by atoms with E-state index in [1.54, 1.807) is 0 Å². The first kappa shape index (κ1) is 13.3. The first-order chi connectivity index (χ1) is 9.65. The fraction of sp³-hybridized carbons (Fsp3) is 0.294. The number of hydrogen-bond donors (Lipinski definition) is 0. The Hall–Kier alpha value is -1.67. The summed E-state index contributed by atoms with van der Waals surface area (Å²) < 4.78 is 11.7. The Morgan fingerprint density at radius 3 is 2.55 bits per heavy atom. The molecule has 0 saturated carbocycles. The smallest absolute Gasteiger partial charge is 0.161 e. The molecule has 2 aromatic carbocycles. The zero-order valence-electron chi connectivity index (χ0n) is 11.6. The molecular weight excluding hydrogens is 272 g/mol. The minimum Gasteiger partial charge on any atom is -0.486 e. The van der Waals surface area contributed by atoms with Gasteiger partial charge in [-0.25, -0.2) is 0 Å². The van der Waals surface area contributed by atoms with Crippen molar-refractivity contribution in [2.24, 2.45) is 0 Å². The maximum atomic E-state index is 6.57. The van der Waals surface area contributed by atoms with Crippen LogP contribution < -0.4 is 9.47 Å². The van der Waals surface area contributed by atoms with Gasteiger partial charge in [-0.3, -0.25) is 0 Å². The Bertz CT molecular complexity index is 624. The van der Waals surface area contributed by atoms with Crippen molar-refractivity contribution in [2.45, 2.75) is 25.3 Å². The summed E-state index contributed by atoms with van der Waals surface area (Å²) in [5.41, 5.74) is 3.58. The molecule has 0 aromatic heterocycles. The van der Waals surface area contributed by atoms with Crippen LogP contribution in [0.5, 0.6) is 11.5 Å². The summed E-state index contributed by atoms with van der Waals surface area (Å²) in [5.74, 6) is 1.55. The fourth-order valence-electron chi connectivity index (χ4n) is 2.33. The summed E-state index contributed by atoms with van der Waals surface area (Å²) in [6.45, 7) is 4.66. The van der Waals surface area contributed by atoms with Crippen molar-refractivity contribution in [3.8, 4) is 11.5 Å².